The van der Waals surface area contributed by atoms with Gasteiger partial charge >= 0.3 is 0 Å². The maximum atomic E-state index is 12.6. The normalized spacial score (nSPS) is 15.4. The number of piperazine rings is 1. The van der Waals surface area contributed by atoms with E-state index in [1.54, 1.807) is 0 Å². The van der Waals surface area contributed by atoms with Crippen molar-refractivity contribution >= 4 is 28.1 Å². The summed E-state index contributed by atoms with van der Waals surface area (Å²) in [6.45, 7) is 7.65. The van der Waals surface area contributed by atoms with E-state index in [4.69, 9.17) is 0 Å². The number of aromatic nitrogens is 1. The van der Waals surface area contributed by atoms with E-state index in [0.717, 1.165) is 40.0 Å². The third-order valence-electron chi connectivity index (χ3n) is 5.41. The lowest BCUT2D eigenvalue weighted by atomic mass is 10.0. The van der Waals surface area contributed by atoms with Crippen molar-refractivity contribution in [3.63, 3.8) is 0 Å². The van der Waals surface area contributed by atoms with E-state index in [1.165, 1.54) is 16.9 Å². The summed E-state index contributed by atoms with van der Waals surface area (Å²) in [5, 5.41) is 3.00. The minimum atomic E-state index is -0.0201. The summed E-state index contributed by atoms with van der Waals surface area (Å²) in [6, 6.07) is 9.94. The summed E-state index contributed by atoms with van der Waals surface area (Å²) in [6.07, 6.45) is 0. The molecule has 1 N–H and O–H groups in total. The highest BCUT2D eigenvalue weighted by Gasteiger charge is 2.23. The van der Waals surface area contributed by atoms with E-state index in [0.29, 0.717) is 19.6 Å². The van der Waals surface area contributed by atoms with Crippen LogP contribution in [-0.4, -0.2) is 46.9 Å². The van der Waals surface area contributed by atoms with Crippen molar-refractivity contribution in [1.82, 2.24) is 14.8 Å². The molecule has 0 unspecified atom stereocenters. The highest BCUT2D eigenvalue weighted by atomic mass is 32.1. The molecule has 0 aliphatic carbocycles. The molecule has 0 spiro atoms. The van der Waals surface area contributed by atoms with E-state index >= 15 is 0 Å². The molecular weight excluding hydrogens is 358 g/mol. The first-order valence-corrected chi connectivity index (χ1v) is 10.1. The second-order valence-corrected chi connectivity index (χ2v) is 8.09. The number of hydrogen-bond acceptors (Lipinski definition) is 4. The van der Waals surface area contributed by atoms with Gasteiger partial charge in [0.05, 0.1) is 10.4 Å². The average Bonchev–Trinajstić information content (AvgIpc) is 3.21. The predicted molar refractivity (Wildman–Crippen MR) is 110 cm³/mol. The van der Waals surface area contributed by atoms with Gasteiger partial charge in [-0.1, -0.05) is 18.2 Å². The molecule has 5 nitrogen and oxygen atoms in total. The van der Waals surface area contributed by atoms with Crippen LogP contribution in [0.4, 0.5) is 0 Å². The Morgan fingerprint density at radius 1 is 1.15 bits per heavy atom. The van der Waals surface area contributed by atoms with Gasteiger partial charge in [0.15, 0.2) is 0 Å². The van der Waals surface area contributed by atoms with E-state index in [-0.39, 0.29) is 11.5 Å². The van der Waals surface area contributed by atoms with Crippen LogP contribution in [0.15, 0.2) is 40.5 Å². The molecule has 1 aliphatic heterocycles. The zero-order valence-electron chi connectivity index (χ0n) is 15.6. The number of fused-ring (bicyclic) bond motifs is 1. The van der Waals surface area contributed by atoms with E-state index in [2.05, 4.69) is 28.9 Å². The maximum Gasteiger partial charge on any atom is 0.264 e. The molecule has 0 saturated carbocycles. The number of carbonyl (C=O) groups is 1. The van der Waals surface area contributed by atoms with Crippen LogP contribution in [0.3, 0.4) is 0 Å². The van der Waals surface area contributed by atoms with Crippen molar-refractivity contribution in [2.45, 2.75) is 20.4 Å². The molecule has 1 aliphatic rings. The highest BCUT2D eigenvalue weighted by molar-refractivity contribution is 7.12. The largest absolute Gasteiger partial charge is 0.335 e. The maximum absolute atomic E-state index is 12.6. The fourth-order valence-corrected chi connectivity index (χ4v) is 4.28. The summed E-state index contributed by atoms with van der Waals surface area (Å²) in [5.74, 6) is 0.110. The van der Waals surface area contributed by atoms with Crippen LogP contribution in [0.2, 0.25) is 0 Å². The average molecular weight is 382 g/mol. The fraction of sp³-hybridized carbons (Fsp3) is 0.333. The van der Waals surface area contributed by atoms with Crippen molar-refractivity contribution in [1.29, 1.82) is 0 Å². The second kappa shape index (κ2) is 7.29. The van der Waals surface area contributed by atoms with Gasteiger partial charge in [-0.25, -0.2) is 0 Å². The van der Waals surface area contributed by atoms with Gasteiger partial charge in [-0.2, -0.15) is 0 Å². The van der Waals surface area contributed by atoms with Gasteiger partial charge in [0.25, 0.3) is 11.5 Å². The number of rotatable bonds is 3. The molecule has 1 saturated heterocycles. The van der Waals surface area contributed by atoms with Gasteiger partial charge in [0, 0.05) is 38.3 Å². The minimum Gasteiger partial charge on any atom is -0.335 e. The van der Waals surface area contributed by atoms with Crippen LogP contribution in [-0.2, 0) is 6.54 Å². The molecule has 1 amide bonds. The number of amides is 1. The quantitative estimate of drug-likeness (QED) is 0.758. The lowest BCUT2D eigenvalue weighted by Gasteiger charge is -2.34. The summed E-state index contributed by atoms with van der Waals surface area (Å²) in [5.41, 5.74) is 3.99. The Kier molecular flexibility index (Phi) is 4.85. The van der Waals surface area contributed by atoms with Crippen LogP contribution in [0.25, 0.3) is 10.9 Å². The smallest absolute Gasteiger partial charge is 0.264 e. The predicted octanol–water partition coefficient (Wildman–Crippen LogP) is 3.16. The summed E-state index contributed by atoms with van der Waals surface area (Å²) in [4.78, 5) is 33.0. The molecule has 1 aromatic carbocycles. The minimum absolute atomic E-state index is 0.0201. The first-order chi connectivity index (χ1) is 13.0. The SMILES string of the molecule is Cc1ccc2cc(CN3CCN(C(=O)c4cccs4)CC3)c(=O)[nH]c2c1C. The molecule has 0 radical (unpaired) electrons. The monoisotopic (exact) mass is 381 g/mol. The Bertz CT molecular complexity index is 1030. The first kappa shape index (κ1) is 17.9. The number of pyridine rings is 1. The van der Waals surface area contributed by atoms with Gasteiger partial charge in [-0.05, 0) is 47.9 Å². The van der Waals surface area contributed by atoms with Gasteiger partial charge in [-0.15, -0.1) is 11.3 Å². The number of aromatic amines is 1. The van der Waals surface area contributed by atoms with Gasteiger partial charge in [0.1, 0.15) is 0 Å². The Morgan fingerprint density at radius 3 is 2.63 bits per heavy atom. The summed E-state index contributed by atoms with van der Waals surface area (Å²) in [7, 11) is 0. The number of hydrogen-bond donors (Lipinski definition) is 1. The number of carbonyl (C=O) groups excluding carboxylic acids is 1. The van der Waals surface area contributed by atoms with E-state index in [1.807, 2.05) is 35.4 Å². The van der Waals surface area contributed by atoms with Crippen molar-refractivity contribution in [3.8, 4) is 0 Å². The van der Waals surface area contributed by atoms with Gasteiger partial charge < -0.3 is 9.88 Å². The lowest BCUT2D eigenvalue weighted by molar-refractivity contribution is 0.0633. The highest BCUT2D eigenvalue weighted by Crippen LogP contribution is 2.20. The molecule has 27 heavy (non-hydrogen) atoms. The standard InChI is InChI=1S/C21H23N3O2S/c1-14-5-6-16-12-17(20(25)22-19(16)15(14)2)13-23-7-9-24(10-8-23)21(26)18-4-3-11-27-18/h3-6,11-12H,7-10,13H2,1-2H3,(H,22,25). The number of H-pyrrole nitrogens is 1. The zero-order chi connectivity index (χ0) is 19.0. The van der Waals surface area contributed by atoms with Crippen LogP contribution in [0, 0.1) is 13.8 Å². The van der Waals surface area contributed by atoms with Crippen LogP contribution < -0.4 is 5.56 Å². The van der Waals surface area contributed by atoms with Crippen LogP contribution >= 0.6 is 11.3 Å². The molecule has 6 heteroatoms. The summed E-state index contributed by atoms with van der Waals surface area (Å²) >= 11 is 1.48. The number of nitrogens with one attached hydrogen (secondary N) is 1. The fourth-order valence-electron chi connectivity index (χ4n) is 3.59. The molecular formula is C21H23N3O2S. The third kappa shape index (κ3) is 3.55. The first-order valence-electron chi connectivity index (χ1n) is 9.20. The van der Waals surface area contributed by atoms with Crippen LogP contribution in [0.5, 0.6) is 0 Å². The molecule has 3 aromatic rings. The molecule has 1 fully saturated rings. The molecule has 3 heterocycles. The van der Waals surface area contributed by atoms with Crippen molar-refractivity contribution in [2.75, 3.05) is 26.2 Å². The lowest BCUT2D eigenvalue weighted by Crippen LogP contribution is -2.48. The van der Waals surface area contributed by atoms with Crippen molar-refractivity contribution < 1.29 is 4.79 Å². The topological polar surface area (TPSA) is 56.4 Å². The Labute approximate surface area is 162 Å². The Balaban J connectivity index is 1.46. The zero-order valence-corrected chi connectivity index (χ0v) is 16.4. The second-order valence-electron chi connectivity index (χ2n) is 7.14. The van der Waals surface area contributed by atoms with Crippen molar-refractivity contribution in [3.05, 3.63) is 67.6 Å². The molecule has 0 bridgehead atoms. The molecule has 0 atom stereocenters. The Hall–Kier alpha value is -2.44. The van der Waals surface area contributed by atoms with Crippen LogP contribution in [0.1, 0.15) is 26.4 Å². The number of nitrogens with zero attached hydrogens (tertiary/aromatic N) is 2. The Morgan fingerprint density at radius 2 is 1.93 bits per heavy atom. The number of benzene rings is 1. The number of aryl methyl sites for hydroxylation is 2. The van der Waals surface area contributed by atoms with Crippen molar-refractivity contribution in [2.24, 2.45) is 0 Å². The van der Waals surface area contributed by atoms with Gasteiger partial charge in [0.2, 0.25) is 0 Å². The third-order valence-corrected chi connectivity index (χ3v) is 6.27. The molecule has 4 rings (SSSR count). The number of thiophene rings is 1. The van der Waals surface area contributed by atoms with Gasteiger partial charge in [-0.3, -0.25) is 14.5 Å². The molecule has 140 valence electrons. The molecule has 2 aromatic heterocycles. The summed E-state index contributed by atoms with van der Waals surface area (Å²) < 4.78 is 0. The van der Waals surface area contributed by atoms with E-state index in [9.17, 15) is 9.59 Å². The van der Waals surface area contributed by atoms with E-state index < -0.39 is 0 Å².